The fraction of sp³-hybridized carbons (Fsp3) is 0.706. The summed E-state index contributed by atoms with van der Waals surface area (Å²) in [5.74, 6) is -1.07. The van der Waals surface area contributed by atoms with Crippen LogP contribution in [0.1, 0.15) is 46.3 Å². The SMILES string of the molecule is COCC(C)(CO)S(=O)(=O)C1(CN2CCc3c(C(N)=O)nn(C)c3C2=O)CC1. The van der Waals surface area contributed by atoms with Crippen molar-refractivity contribution in [3.63, 3.8) is 0 Å². The van der Waals surface area contributed by atoms with Crippen LogP contribution >= 0.6 is 0 Å². The Morgan fingerprint density at radius 2 is 2.07 bits per heavy atom. The fourth-order valence-corrected chi connectivity index (χ4v) is 6.41. The Kier molecular flexibility index (Phi) is 5.05. The van der Waals surface area contributed by atoms with E-state index in [9.17, 15) is 23.1 Å². The number of amides is 2. The molecule has 1 aromatic rings. The lowest BCUT2D eigenvalue weighted by molar-refractivity contribution is 0.0723. The van der Waals surface area contributed by atoms with Gasteiger partial charge in [-0.15, -0.1) is 0 Å². The van der Waals surface area contributed by atoms with Crippen molar-refractivity contribution >= 4 is 21.7 Å². The summed E-state index contributed by atoms with van der Waals surface area (Å²) >= 11 is 0. The molecule has 2 aliphatic rings. The Labute approximate surface area is 163 Å². The normalized spacial score (nSPS) is 20.6. The van der Waals surface area contributed by atoms with Crippen molar-refractivity contribution in [2.24, 2.45) is 12.8 Å². The highest BCUT2D eigenvalue weighted by molar-refractivity contribution is 7.94. The number of nitrogens with two attached hydrogens (primary N) is 1. The van der Waals surface area contributed by atoms with Crippen LogP contribution in [-0.4, -0.2) is 82.9 Å². The number of carbonyl (C=O) groups excluding carboxylic acids is 2. The van der Waals surface area contributed by atoms with Crippen molar-refractivity contribution in [3.8, 4) is 0 Å². The Morgan fingerprint density at radius 3 is 2.57 bits per heavy atom. The highest BCUT2D eigenvalue weighted by Crippen LogP contribution is 2.49. The van der Waals surface area contributed by atoms with Gasteiger partial charge in [-0.3, -0.25) is 14.3 Å². The molecule has 3 rings (SSSR count). The summed E-state index contributed by atoms with van der Waals surface area (Å²) in [6, 6.07) is 0. The molecular formula is C17H26N4O6S. The van der Waals surface area contributed by atoms with Crippen molar-refractivity contribution in [2.75, 3.05) is 33.4 Å². The fourth-order valence-electron chi connectivity index (χ4n) is 3.95. The number of ether oxygens (including phenoxy) is 1. The van der Waals surface area contributed by atoms with Gasteiger partial charge >= 0.3 is 0 Å². The van der Waals surface area contributed by atoms with Gasteiger partial charge in [0.1, 0.15) is 10.4 Å². The number of fused-ring (bicyclic) bond motifs is 1. The molecule has 0 aromatic carbocycles. The van der Waals surface area contributed by atoms with Gasteiger partial charge in [-0.1, -0.05) is 0 Å². The summed E-state index contributed by atoms with van der Waals surface area (Å²) in [7, 11) is -0.846. The summed E-state index contributed by atoms with van der Waals surface area (Å²) in [6.45, 7) is 1.07. The number of aliphatic hydroxyl groups is 1. The van der Waals surface area contributed by atoms with E-state index in [1.54, 1.807) is 7.05 Å². The van der Waals surface area contributed by atoms with E-state index < -0.39 is 31.8 Å². The second kappa shape index (κ2) is 6.82. The van der Waals surface area contributed by atoms with E-state index in [4.69, 9.17) is 10.5 Å². The second-order valence-corrected chi connectivity index (χ2v) is 10.7. The third kappa shape index (κ3) is 2.92. The number of rotatable bonds is 8. The van der Waals surface area contributed by atoms with Crippen LogP contribution in [0.4, 0.5) is 0 Å². The summed E-state index contributed by atoms with van der Waals surface area (Å²) < 4.78 is 30.4. The van der Waals surface area contributed by atoms with Crippen molar-refractivity contribution in [1.82, 2.24) is 14.7 Å². The number of hydrogen-bond acceptors (Lipinski definition) is 7. The van der Waals surface area contributed by atoms with E-state index in [0.717, 1.165) is 0 Å². The molecule has 28 heavy (non-hydrogen) atoms. The Hall–Kier alpha value is -1.98. The van der Waals surface area contributed by atoms with Gasteiger partial charge in [0, 0.05) is 32.8 Å². The van der Waals surface area contributed by atoms with E-state index in [0.29, 0.717) is 24.8 Å². The number of hydrogen-bond donors (Lipinski definition) is 2. The number of methoxy groups -OCH3 is 1. The maximum Gasteiger partial charge on any atom is 0.272 e. The molecule has 1 atom stereocenters. The van der Waals surface area contributed by atoms with Gasteiger partial charge in [-0.05, 0) is 26.2 Å². The first-order chi connectivity index (χ1) is 13.0. The lowest BCUT2D eigenvalue weighted by Crippen LogP contribution is -2.54. The van der Waals surface area contributed by atoms with Crippen molar-refractivity contribution in [2.45, 2.75) is 35.7 Å². The number of primary amides is 1. The Balaban J connectivity index is 1.89. The monoisotopic (exact) mass is 414 g/mol. The molecule has 1 aliphatic carbocycles. The molecule has 1 unspecified atom stereocenters. The zero-order valence-electron chi connectivity index (χ0n) is 16.3. The van der Waals surface area contributed by atoms with Crippen LogP contribution in [0.5, 0.6) is 0 Å². The predicted molar refractivity (Wildman–Crippen MR) is 99.6 cm³/mol. The summed E-state index contributed by atoms with van der Waals surface area (Å²) in [4.78, 5) is 26.0. The first-order valence-electron chi connectivity index (χ1n) is 9.02. The van der Waals surface area contributed by atoms with Gasteiger partial charge in [-0.2, -0.15) is 5.10 Å². The van der Waals surface area contributed by atoms with E-state index >= 15 is 0 Å². The number of aliphatic hydroxyl groups excluding tert-OH is 1. The number of sulfone groups is 1. The average molecular weight is 414 g/mol. The minimum absolute atomic E-state index is 0.0317. The summed E-state index contributed by atoms with van der Waals surface area (Å²) in [6.07, 6.45) is 1.21. The van der Waals surface area contributed by atoms with Crippen LogP contribution in [0.3, 0.4) is 0 Å². The van der Waals surface area contributed by atoms with Gasteiger partial charge in [0.2, 0.25) is 0 Å². The van der Waals surface area contributed by atoms with E-state index in [-0.39, 0.29) is 37.0 Å². The minimum Gasteiger partial charge on any atom is -0.395 e. The van der Waals surface area contributed by atoms with Crippen LogP contribution < -0.4 is 5.73 Å². The molecule has 2 amide bonds. The molecular weight excluding hydrogens is 388 g/mol. The molecule has 0 saturated heterocycles. The van der Waals surface area contributed by atoms with Crippen molar-refractivity contribution < 1.29 is 27.9 Å². The molecule has 0 bridgehead atoms. The first kappa shape index (κ1) is 20.7. The number of nitrogens with zero attached hydrogens (tertiary/aromatic N) is 3. The molecule has 2 heterocycles. The lowest BCUT2D eigenvalue weighted by Gasteiger charge is -2.35. The van der Waals surface area contributed by atoms with Crippen LogP contribution in [0.2, 0.25) is 0 Å². The lowest BCUT2D eigenvalue weighted by atomic mass is 10.0. The molecule has 1 aromatic heterocycles. The number of aryl methyl sites for hydroxylation is 1. The molecule has 10 nitrogen and oxygen atoms in total. The van der Waals surface area contributed by atoms with Gasteiger partial charge in [-0.25, -0.2) is 8.42 Å². The molecule has 1 saturated carbocycles. The molecule has 3 N–H and O–H groups in total. The molecule has 0 spiro atoms. The van der Waals surface area contributed by atoms with Crippen molar-refractivity contribution in [1.29, 1.82) is 0 Å². The number of carbonyl (C=O) groups is 2. The molecule has 1 aliphatic heterocycles. The van der Waals surface area contributed by atoms with E-state index in [1.807, 2.05) is 0 Å². The van der Waals surface area contributed by atoms with Gasteiger partial charge in [0.05, 0.1) is 18.0 Å². The third-order valence-electron chi connectivity index (χ3n) is 5.79. The summed E-state index contributed by atoms with van der Waals surface area (Å²) in [5.41, 5.74) is 6.18. The van der Waals surface area contributed by atoms with Crippen LogP contribution in [0, 0.1) is 0 Å². The smallest absolute Gasteiger partial charge is 0.272 e. The second-order valence-electron chi connectivity index (χ2n) is 7.87. The summed E-state index contributed by atoms with van der Waals surface area (Å²) in [5, 5.41) is 13.8. The Bertz CT molecular complexity index is 920. The van der Waals surface area contributed by atoms with Gasteiger partial charge in [0.15, 0.2) is 15.5 Å². The van der Waals surface area contributed by atoms with Gasteiger partial charge in [0.25, 0.3) is 11.8 Å². The Morgan fingerprint density at radius 1 is 1.43 bits per heavy atom. The van der Waals surface area contributed by atoms with Gasteiger partial charge < -0.3 is 20.5 Å². The maximum atomic E-state index is 13.3. The van der Waals surface area contributed by atoms with Crippen LogP contribution in [0.25, 0.3) is 0 Å². The standard InChI is InChI=1S/C17H26N4O6S/c1-16(9-22,10-27-3)28(25,26)17(5-6-17)8-21-7-4-11-12(14(18)23)19-20(2)13(11)15(21)24/h22H,4-10H2,1-3H3,(H2,18,23). The van der Waals surface area contributed by atoms with E-state index in [2.05, 4.69) is 5.10 Å². The minimum atomic E-state index is -3.79. The molecule has 0 radical (unpaired) electrons. The van der Waals surface area contributed by atoms with Crippen LogP contribution in [-0.2, 0) is 28.0 Å². The average Bonchev–Trinajstić information content (AvgIpc) is 3.34. The topological polar surface area (TPSA) is 145 Å². The maximum absolute atomic E-state index is 13.3. The largest absolute Gasteiger partial charge is 0.395 e. The predicted octanol–water partition coefficient (Wildman–Crippen LogP) is -1.14. The molecule has 11 heteroatoms. The zero-order valence-corrected chi connectivity index (χ0v) is 17.1. The zero-order chi connectivity index (χ0) is 20.9. The molecule has 1 fully saturated rings. The highest BCUT2D eigenvalue weighted by atomic mass is 32.2. The van der Waals surface area contributed by atoms with Crippen molar-refractivity contribution in [3.05, 3.63) is 17.0 Å². The third-order valence-corrected chi connectivity index (χ3v) is 9.01. The van der Waals surface area contributed by atoms with Crippen LogP contribution in [0.15, 0.2) is 0 Å². The highest BCUT2D eigenvalue weighted by Gasteiger charge is 2.62. The molecule has 156 valence electrons. The first-order valence-corrected chi connectivity index (χ1v) is 10.5. The number of aromatic nitrogens is 2. The quantitative estimate of drug-likeness (QED) is 0.547. The van der Waals surface area contributed by atoms with E-state index in [1.165, 1.54) is 23.6 Å².